The van der Waals surface area contributed by atoms with Crippen molar-refractivity contribution in [2.75, 3.05) is 7.05 Å². The van der Waals surface area contributed by atoms with Gasteiger partial charge >= 0.3 is 12.3 Å². The molecule has 1 aromatic rings. The van der Waals surface area contributed by atoms with Crippen LogP contribution in [0.3, 0.4) is 0 Å². The Morgan fingerprint density at radius 3 is 2.19 bits per heavy atom. The molecule has 0 heterocycles. The van der Waals surface area contributed by atoms with Crippen molar-refractivity contribution in [3.8, 4) is 0 Å². The summed E-state index contributed by atoms with van der Waals surface area (Å²) in [5, 5.41) is 4.90. The molecule has 0 radical (unpaired) electrons. The van der Waals surface area contributed by atoms with E-state index in [4.69, 9.17) is 4.74 Å². The molecule has 0 aliphatic carbocycles. The highest BCUT2D eigenvalue weighted by Gasteiger charge is 2.29. The molecule has 0 saturated heterocycles. The lowest BCUT2D eigenvalue weighted by Gasteiger charge is -2.22. The molecule has 0 aliphatic heterocycles. The Hall–Kier alpha value is -2.51. The molecule has 0 bridgehead atoms. The zero-order valence-corrected chi connectivity index (χ0v) is 15.1. The SMILES string of the molecule is CNC(=O)[C@H](C/C=C/c1ccc(C(F)(F)F)cc1)NC(=O)OC(C)(C)C. The first-order valence-corrected chi connectivity index (χ1v) is 7.97. The number of rotatable bonds is 5. The molecule has 1 aromatic carbocycles. The van der Waals surface area contributed by atoms with Gasteiger partial charge in [-0.25, -0.2) is 4.79 Å². The number of hydrogen-bond donors (Lipinski definition) is 2. The Labute approximate surface area is 150 Å². The third-order valence-corrected chi connectivity index (χ3v) is 3.17. The van der Waals surface area contributed by atoms with Gasteiger partial charge in [-0.05, 0) is 44.9 Å². The predicted octanol–water partition coefficient (Wildman–Crippen LogP) is 3.75. The Morgan fingerprint density at radius 2 is 1.73 bits per heavy atom. The van der Waals surface area contributed by atoms with Gasteiger partial charge in [0.25, 0.3) is 0 Å². The fourth-order valence-electron chi connectivity index (χ4n) is 1.98. The van der Waals surface area contributed by atoms with Crippen molar-refractivity contribution >= 4 is 18.1 Å². The van der Waals surface area contributed by atoms with Gasteiger partial charge in [-0.1, -0.05) is 24.3 Å². The number of amides is 2. The van der Waals surface area contributed by atoms with Gasteiger partial charge < -0.3 is 15.4 Å². The fourth-order valence-corrected chi connectivity index (χ4v) is 1.98. The minimum atomic E-state index is -4.39. The fraction of sp³-hybridized carbons (Fsp3) is 0.444. The smallest absolute Gasteiger partial charge is 0.416 e. The molecule has 0 aliphatic rings. The van der Waals surface area contributed by atoms with Crippen molar-refractivity contribution in [2.24, 2.45) is 0 Å². The van der Waals surface area contributed by atoms with Gasteiger partial charge in [-0.2, -0.15) is 13.2 Å². The average Bonchev–Trinajstić information content (AvgIpc) is 2.51. The molecule has 0 spiro atoms. The standard InChI is InChI=1S/C18H23F3N2O3/c1-17(2,3)26-16(25)23-14(15(24)22-4)7-5-6-12-8-10-13(11-9-12)18(19,20)21/h5-6,8-11,14H,7H2,1-4H3,(H,22,24)(H,23,25)/b6-5+/t14-/m0/s1. The monoisotopic (exact) mass is 372 g/mol. The van der Waals surface area contributed by atoms with Crippen molar-refractivity contribution in [1.82, 2.24) is 10.6 Å². The van der Waals surface area contributed by atoms with Crippen molar-refractivity contribution in [1.29, 1.82) is 0 Å². The zero-order chi connectivity index (χ0) is 20.0. The number of hydrogen-bond acceptors (Lipinski definition) is 3. The lowest BCUT2D eigenvalue weighted by Crippen LogP contribution is -2.47. The first kappa shape index (κ1) is 21.5. The maximum absolute atomic E-state index is 12.5. The van der Waals surface area contributed by atoms with Gasteiger partial charge in [0.05, 0.1) is 5.56 Å². The number of benzene rings is 1. The van der Waals surface area contributed by atoms with Crippen molar-refractivity contribution in [3.05, 3.63) is 41.5 Å². The van der Waals surface area contributed by atoms with Gasteiger partial charge in [-0.15, -0.1) is 0 Å². The molecule has 5 nitrogen and oxygen atoms in total. The highest BCUT2D eigenvalue weighted by Crippen LogP contribution is 2.29. The zero-order valence-electron chi connectivity index (χ0n) is 15.1. The van der Waals surface area contributed by atoms with E-state index >= 15 is 0 Å². The van der Waals surface area contributed by atoms with Crippen LogP contribution >= 0.6 is 0 Å². The molecular formula is C18H23F3N2O3. The molecule has 0 unspecified atom stereocenters. The van der Waals surface area contributed by atoms with Crippen LogP contribution in [-0.4, -0.2) is 30.7 Å². The largest absolute Gasteiger partial charge is 0.444 e. The first-order valence-electron chi connectivity index (χ1n) is 7.97. The molecule has 2 N–H and O–H groups in total. The first-order chi connectivity index (χ1) is 11.9. The van der Waals surface area contributed by atoms with Crippen LogP contribution in [-0.2, 0) is 15.7 Å². The van der Waals surface area contributed by atoms with E-state index in [0.717, 1.165) is 12.1 Å². The molecule has 2 amide bonds. The minimum absolute atomic E-state index is 0.153. The predicted molar refractivity (Wildman–Crippen MR) is 92.3 cm³/mol. The van der Waals surface area contributed by atoms with Crippen molar-refractivity contribution < 1.29 is 27.5 Å². The van der Waals surface area contributed by atoms with Crippen LogP contribution in [0.15, 0.2) is 30.3 Å². The second-order valence-electron chi connectivity index (χ2n) is 6.57. The maximum atomic E-state index is 12.5. The Bertz CT molecular complexity index is 647. The van der Waals surface area contributed by atoms with E-state index in [0.29, 0.717) is 5.56 Å². The Kier molecular flexibility index (Phi) is 7.23. The van der Waals surface area contributed by atoms with E-state index in [1.54, 1.807) is 32.9 Å². The van der Waals surface area contributed by atoms with Crippen LogP contribution in [0.4, 0.5) is 18.0 Å². The van der Waals surface area contributed by atoms with Gasteiger partial charge in [-0.3, -0.25) is 4.79 Å². The van der Waals surface area contributed by atoms with E-state index < -0.39 is 35.4 Å². The number of alkyl carbamates (subject to hydrolysis) is 1. The summed E-state index contributed by atoms with van der Waals surface area (Å²) >= 11 is 0. The molecule has 0 fully saturated rings. The highest BCUT2D eigenvalue weighted by atomic mass is 19.4. The van der Waals surface area contributed by atoms with E-state index in [2.05, 4.69) is 10.6 Å². The summed E-state index contributed by atoms with van der Waals surface area (Å²) in [4.78, 5) is 23.7. The maximum Gasteiger partial charge on any atom is 0.416 e. The quantitative estimate of drug-likeness (QED) is 0.827. The normalized spacial score (nSPS) is 13.3. The second kappa shape index (κ2) is 8.73. The topological polar surface area (TPSA) is 67.4 Å². The van der Waals surface area contributed by atoms with Crippen LogP contribution in [0.5, 0.6) is 0 Å². The molecule has 8 heteroatoms. The van der Waals surface area contributed by atoms with E-state index in [1.807, 2.05) is 0 Å². The molecule has 1 rings (SSSR count). The van der Waals surface area contributed by atoms with Crippen LogP contribution < -0.4 is 10.6 Å². The van der Waals surface area contributed by atoms with E-state index in [1.165, 1.54) is 19.2 Å². The van der Waals surface area contributed by atoms with Crippen LogP contribution in [0.1, 0.15) is 38.3 Å². The third-order valence-electron chi connectivity index (χ3n) is 3.17. The van der Waals surface area contributed by atoms with Crippen LogP contribution in [0.25, 0.3) is 6.08 Å². The molecule has 1 atom stereocenters. The highest BCUT2D eigenvalue weighted by molar-refractivity contribution is 5.85. The molecule has 144 valence electrons. The summed E-state index contributed by atoms with van der Waals surface area (Å²) in [5.41, 5.74) is -0.886. The Morgan fingerprint density at radius 1 is 1.15 bits per heavy atom. The number of halogens is 3. The average molecular weight is 372 g/mol. The number of alkyl halides is 3. The van der Waals surface area contributed by atoms with Crippen molar-refractivity contribution in [3.63, 3.8) is 0 Å². The molecule has 26 heavy (non-hydrogen) atoms. The summed E-state index contributed by atoms with van der Waals surface area (Å²) in [6, 6.07) is 3.76. The lowest BCUT2D eigenvalue weighted by atomic mass is 10.1. The summed E-state index contributed by atoms with van der Waals surface area (Å²) in [7, 11) is 1.44. The number of likely N-dealkylation sites (N-methyl/N-ethyl adjacent to an activating group) is 1. The van der Waals surface area contributed by atoms with Gasteiger partial charge in [0, 0.05) is 7.05 Å². The molecular weight excluding hydrogens is 349 g/mol. The van der Waals surface area contributed by atoms with E-state index in [-0.39, 0.29) is 6.42 Å². The summed E-state index contributed by atoms with van der Waals surface area (Å²) in [6.45, 7) is 5.10. The molecule has 0 saturated carbocycles. The van der Waals surface area contributed by atoms with Gasteiger partial charge in [0.2, 0.25) is 5.91 Å². The van der Waals surface area contributed by atoms with Crippen LogP contribution in [0, 0.1) is 0 Å². The second-order valence-corrected chi connectivity index (χ2v) is 6.57. The number of carbonyl (C=O) groups is 2. The number of carbonyl (C=O) groups excluding carboxylic acids is 2. The minimum Gasteiger partial charge on any atom is -0.444 e. The van der Waals surface area contributed by atoms with Crippen LogP contribution in [0.2, 0.25) is 0 Å². The lowest BCUT2D eigenvalue weighted by molar-refractivity contribution is -0.137. The third kappa shape index (κ3) is 7.58. The van der Waals surface area contributed by atoms with Gasteiger partial charge in [0.15, 0.2) is 0 Å². The van der Waals surface area contributed by atoms with Crippen molar-refractivity contribution in [2.45, 2.75) is 45.0 Å². The Balaban J connectivity index is 2.73. The summed E-state index contributed by atoms with van der Waals surface area (Å²) in [5.74, 6) is -0.409. The summed E-state index contributed by atoms with van der Waals surface area (Å²) in [6.07, 6.45) is -1.79. The molecule has 0 aromatic heterocycles. The van der Waals surface area contributed by atoms with E-state index in [9.17, 15) is 22.8 Å². The number of nitrogens with one attached hydrogen (secondary N) is 2. The van der Waals surface area contributed by atoms with Gasteiger partial charge in [0.1, 0.15) is 11.6 Å². The summed E-state index contributed by atoms with van der Waals surface area (Å²) < 4.78 is 42.7. The number of ether oxygens (including phenoxy) is 1.